The number of nitrogens with one attached hydrogen (secondary N) is 1. The second-order valence-corrected chi connectivity index (χ2v) is 8.36. The molecule has 0 amide bonds. The predicted molar refractivity (Wildman–Crippen MR) is 83.4 cm³/mol. The van der Waals surface area contributed by atoms with Crippen molar-refractivity contribution in [3.8, 4) is 5.75 Å². The minimum absolute atomic E-state index is 0.163. The summed E-state index contributed by atoms with van der Waals surface area (Å²) in [5.74, 6) is 1.95. The third kappa shape index (κ3) is 3.24. The van der Waals surface area contributed by atoms with E-state index in [1.807, 2.05) is 7.05 Å². The standard InChI is InChI=1S/C16H23NO3S/c1-17-15(10-12-7-9-21(18,19)11-12)14-6-2-4-13-5-3-8-20-16(13)14/h2,4,6,12,15,17H,3,5,7-11H2,1H3. The van der Waals surface area contributed by atoms with Gasteiger partial charge in [0.25, 0.3) is 0 Å². The molecule has 1 aromatic carbocycles. The smallest absolute Gasteiger partial charge is 0.150 e. The first-order valence-electron chi connectivity index (χ1n) is 7.71. The van der Waals surface area contributed by atoms with Gasteiger partial charge in [-0.3, -0.25) is 0 Å². The molecule has 21 heavy (non-hydrogen) atoms. The lowest BCUT2D eigenvalue weighted by Gasteiger charge is -2.26. The van der Waals surface area contributed by atoms with Gasteiger partial charge in [-0.2, -0.15) is 0 Å². The van der Waals surface area contributed by atoms with Gasteiger partial charge in [0.2, 0.25) is 0 Å². The monoisotopic (exact) mass is 309 g/mol. The summed E-state index contributed by atoms with van der Waals surface area (Å²) in [6.45, 7) is 0.776. The minimum atomic E-state index is -2.81. The Labute approximate surface area is 126 Å². The highest BCUT2D eigenvalue weighted by Crippen LogP contribution is 2.36. The van der Waals surface area contributed by atoms with Crippen molar-refractivity contribution in [1.29, 1.82) is 0 Å². The quantitative estimate of drug-likeness (QED) is 0.925. The van der Waals surface area contributed by atoms with Crippen LogP contribution in [-0.2, 0) is 16.3 Å². The van der Waals surface area contributed by atoms with Gasteiger partial charge < -0.3 is 10.1 Å². The van der Waals surface area contributed by atoms with E-state index in [0.29, 0.717) is 11.5 Å². The van der Waals surface area contributed by atoms with Crippen LogP contribution in [0.5, 0.6) is 5.75 Å². The van der Waals surface area contributed by atoms with Crippen LogP contribution in [0.2, 0.25) is 0 Å². The highest BCUT2D eigenvalue weighted by molar-refractivity contribution is 7.91. The second kappa shape index (κ2) is 5.97. The molecule has 116 valence electrons. The zero-order valence-corrected chi connectivity index (χ0v) is 13.3. The molecule has 3 rings (SSSR count). The Bertz CT molecular complexity index is 612. The molecule has 0 spiro atoms. The molecule has 0 saturated carbocycles. The molecule has 1 fully saturated rings. The maximum absolute atomic E-state index is 11.6. The molecule has 1 N–H and O–H groups in total. The first-order chi connectivity index (χ1) is 10.1. The van der Waals surface area contributed by atoms with Crippen LogP contribution in [0.25, 0.3) is 0 Å². The van der Waals surface area contributed by atoms with Gasteiger partial charge in [-0.15, -0.1) is 0 Å². The van der Waals surface area contributed by atoms with E-state index in [4.69, 9.17) is 4.74 Å². The van der Waals surface area contributed by atoms with Crippen molar-refractivity contribution in [3.05, 3.63) is 29.3 Å². The lowest BCUT2D eigenvalue weighted by atomic mass is 9.91. The van der Waals surface area contributed by atoms with Gasteiger partial charge >= 0.3 is 0 Å². The van der Waals surface area contributed by atoms with E-state index in [2.05, 4.69) is 23.5 Å². The molecular formula is C16H23NO3S. The normalized spacial score (nSPS) is 25.1. The predicted octanol–water partition coefficient (Wildman–Crippen LogP) is 2.10. The van der Waals surface area contributed by atoms with Crippen molar-refractivity contribution in [3.63, 3.8) is 0 Å². The number of fused-ring (bicyclic) bond motifs is 1. The molecule has 2 unspecified atom stereocenters. The van der Waals surface area contributed by atoms with Crippen molar-refractivity contribution in [2.24, 2.45) is 5.92 Å². The molecule has 2 atom stereocenters. The number of para-hydroxylation sites is 1. The molecule has 0 aliphatic carbocycles. The van der Waals surface area contributed by atoms with E-state index in [1.165, 1.54) is 11.1 Å². The summed E-state index contributed by atoms with van der Waals surface area (Å²) in [7, 11) is -0.867. The van der Waals surface area contributed by atoms with Gasteiger partial charge in [-0.25, -0.2) is 8.42 Å². The highest BCUT2D eigenvalue weighted by Gasteiger charge is 2.31. The third-order valence-electron chi connectivity index (χ3n) is 4.58. The van der Waals surface area contributed by atoms with Gasteiger partial charge in [0, 0.05) is 11.6 Å². The summed E-state index contributed by atoms with van der Waals surface area (Å²) in [5.41, 5.74) is 2.46. The summed E-state index contributed by atoms with van der Waals surface area (Å²) in [5, 5.41) is 3.35. The van der Waals surface area contributed by atoms with Crippen LogP contribution in [0.3, 0.4) is 0 Å². The average molecular weight is 309 g/mol. The molecule has 0 radical (unpaired) electrons. The fourth-order valence-corrected chi connectivity index (χ4v) is 5.36. The van der Waals surface area contributed by atoms with Crippen LogP contribution in [0, 0.1) is 5.92 Å². The molecule has 4 nitrogen and oxygen atoms in total. The number of hydrogen-bond donors (Lipinski definition) is 1. The first kappa shape index (κ1) is 14.9. The lowest BCUT2D eigenvalue weighted by molar-refractivity contribution is 0.279. The Morgan fingerprint density at radius 1 is 1.43 bits per heavy atom. The van der Waals surface area contributed by atoms with Crippen molar-refractivity contribution in [2.45, 2.75) is 31.7 Å². The minimum Gasteiger partial charge on any atom is -0.493 e. The molecule has 2 aliphatic rings. The number of hydrogen-bond acceptors (Lipinski definition) is 4. The van der Waals surface area contributed by atoms with Crippen LogP contribution >= 0.6 is 0 Å². The summed E-state index contributed by atoms with van der Waals surface area (Å²) in [6.07, 6.45) is 3.78. The maximum Gasteiger partial charge on any atom is 0.150 e. The average Bonchev–Trinajstić information content (AvgIpc) is 2.83. The van der Waals surface area contributed by atoms with Crippen LogP contribution in [-0.4, -0.2) is 33.6 Å². The number of rotatable bonds is 4. The third-order valence-corrected chi connectivity index (χ3v) is 6.42. The van der Waals surface area contributed by atoms with Crippen LogP contribution in [0.15, 0.2) is 18.2 Å². The molecule has 2 aliphatic heterocycles. The SMILES string of the molecule is CNC(CC1CCS(=O)(=O)C1)c1cccc2c1OCCC2. The van der Waals surface area contributed by atoms with Gasteiger partial charge in [-0.1, -0.05) is 18.2 Å². The molecule has 1 aromatic rings. The van der Waals surface area contributed by atoms with Crippen molar-refractivity contribution < 1.29 is 13.2 Å². The summed E-state index contributed by atoms with van der Waals surface area (Å²) >= 11 is 0. The molecule has 5 heteroatoms. The highest BCUT2D eigenvalue weighted by atomic mass is 32.2. The van der Waals surface area contributed by atoms with Gasteiger partial charge in [0.05, 0.1) is 18.1 Å². The van der Waals surface area contributed by atoms with E-state index in [9.17, 15) is 8.42 Å². The van der Waals surface area contributed by atoms with Crippen LogP contribution < -0.4 is 10.1 Å². The van der Waals surface area contributed by atoms with Crippen molar-refractivity contribution >= 4 is 9.84 Å². The molecule has 2 heterocycles. The zero-order chi connectivity index (χ0) is 14.9. The van der Waals surface area contributed by atoms with Crippen LogP contribution in [0.4, 0.5) is 0 Å². The van der Waals surface area contributed by atoms with E-state index < -0.39 is 9.84 Å². The number of aryl methyl sites for hydroxylation is 1. The molecule has 0 bridgehead atoms. The van der Waals surface area contributed by atoms with E-state index in [0.717, 1.165) is 38.0 Å². The van der Waals surface area contributed by atoms with E-state index in [-0.39, 0.29) is 12.0 Å². The first-order valence-corrected chi connectivity index (χ1v) is 9.53. The Kier molecular flexibility index (Phi) is 4.22. The van der Waals surface area contributed by atoms with E-state index >= 15 is 0 Å². The Morgan fingerprint density at radius 3 is 3.00 bits per heavy atom. The Balaban J connectivity index is 1.81. The fraction of sp³-hybridized carbons (Fsp3) is 0.625. The maximum atomic E-state index is 11.6. The number of sulfone groups is 1. The lowest BCUT2D eigenvalue weighted by Crippen LogP contribution is -2.22. The van der Waals surface area contributed by atoms with Gasteiger partial charge in [0.1, 0.15) is 5.75 Å². The number of benzene rings is 1. The zero-order valence-electron chi connectivity index (χ0n) is 12.5. The fourth-order valence-electron chi connectivity index (χ4n) is 3.48. The molecular weight excluding hydrogens is 286 g/mol. The molecule has 1 saturated heterocycles. The Hall–Kier alpha value is -1.07. The number of ether oxygens (including phenoxy) is 1. The van der Waals surface area contributed by atoms with Crippen LogP contribution in [0.1, 0.15) is 36.4 Å². The Morgan fingerprint density at radius 2 is 2.29 bits per heavy atom. The van der Waals surface area contributed by atoms with Crippen molar-refractivity contribution in [2.75, 3.05) is 25.2 Å². The van der Waals surface area contributed by atoms with E-state index in [1.54, 1.807) is 0 Å². The topological polar surface area (TPSA) is 55.4 Å². The second-order valence-electron chi connectivity index (χ2n) is 6.13. The summed E-state index contributed by atoms with van der Waals surface area (Å²) in [6, 6.07) is 6.48. The van der Waals surface area contributed by atoms with Gasteiger partial charge in [0.15, 0.2) is 9.84 Å². The van der Waals surface area contributed by atoms with Gasteiger partial charge in [-0.05, 0) is 44.2 Å². The largest absolute Gasteiger partial charge is 0.493 e. The summed E-state index contributed by atoms with van der Waals surface area (Å²) < 4.78 is 29.2. The van der Waals surface area contributed by atoms with Crippen molar-refractivity contribution in [1.82, 2.24) is 5.32 Å². The summed E-state index contributed by atoms with van der Waals surface area (Å²) in [4.78, 5) is 0. The molecule has 0 aromatic heterocycles.